The Balaban J connectivity index is 0.00000208. The summed E-state index contributed by atoms with van der Waals surface area (Å²) < 4.78 is 5.58. The van der Waals surface area contributed by atoms with E-state index in [0.717, 1.165) is 51.1 Å². The Kier molecular flexibility index (Phi) is 6.93. The number of ether oxygens (including phenoxy) is 1. The lowest BCUT2D eigenvalue weighted by Crippen LogP contribution is -2.45. The van der Waals surface area contributed by atoms with Crippen LogP contribution in [0, 0.1) is 5.92 Å². The van der Waals surface area contributed by atoms with Crippen molar-refractivity contribution in [2.45, 2.75) is 43.9 Å². The molecule has 4 nitrogen and oxygen atoms in total. The highest BCUT2D eigenvalue weighted by Gasteiger charge is 2.38. The zero-order chi connectivity index (χ0) is 16.1. The number of methoxy groups -OCH3 is 1. The summed E-state index contributed by atoms with van der Waals surface area (Å²) in [6, 6.07) is 8.28. The van der Waals surface area contributed by atoms with Crippen LogP contribution in [-0.2, 0) is 10.2 Å². The van der Waals surface area contributed by atoms with Crippen LogP contribution in [0.1, 0.15) is 44.1 Å². The van der Waals surface area contributed by atoms with Gasteiger partial charge in [-0.05, 0) is 38.3 Å². The summed E-state index contributed by atoms with van der Waals surface area (Å²) in [5.74, 6) is 1.28. The Labute approximate surface area is 151 Å². The molecule has 5 heteroatoms. The third kappa shape index (κ3) is 4.04. The van der Waals surface area contributed by atoms with Crippen LogP contribution in [-0.4, -0.2) is 32.7 Å². The van der Waals surface area contributed by atoms with E-state index in [2.05, 4.69) is 22.8 Å². The fraction of sp³-hybridized carbons (Fsp3) is 0.632. The molecule has 1 unspecified atom stereocenters. The van der Waals surface area contributed by atoms with Gasteiger partial charge in [-0.2, -0.15) is 0 Å². The zero-order valence-corrected chi connectivity index (χ0v) is 15.3. The van der Waals surface area contributed by atoms with Gasteiger partial charge in [0, 0.05) is 24.1 Å². The highest BCUT2D eigenvalue weighted by atomic mass is 35.5. The maximum atomic E-state index is 12.5. The number of carbonyl (C=O) groups excluding carboxylic acids is 1. The van der Waals surface area contributed by atoms with Gasteiger partial charge in [-0.1, -0.05) is 31.0 Å². The van der Waals surface area contributed by atoms with E-state index in [9.17, 15) is 4.79 Å². The molecule has 1 aliphatic carbocycles. The minimum absolute atomic E-state index is 0. The molecule has 0 spiro atoms. The number of nitrogens with one attached hydrogen (secondary N) is 2. The molecule has 1 saturated heterocycles. The van der Waals surface area contributed by atoms with Crippen molar-refractivity contribution in [2.75, 3.05) is 26.7 Å². The van der Waals surface area contributed by atoms with Crippen molar-refractivity contribution < 1.29 is 9.53 Å². The Bertz CT molecular complexity index is 538. The molecule has 1 aromatic rings. The van der Waals surface area contributed by atoms with Crippen LogP contribution in [0.4, 0.5) is 0 Å². The van der Waals surface area contributed by atoms with Gasteiger partial charge in [0.15, 0.2) is 0 Å². The Morgan fingerprint density at radius 1 is 1.29 bits per heavy atom. The van der Waals surface area contributed by atoms with Crippen LogP contribution < -0.4 is 15.4 Å². The van der Waals surface area contributed by atoms with E-state index in [4.69, 9.17) is 4.74 Å². The maximum Gasteiger partial charge on any atom is 0.224 e. The second kappa shape index (κ2) is 8.72. The van der Waals surface area contributed by atoms with Gasteiger partial charge >= 0.3 is 0 Å². The second-order valence-electron chi connectivity index (χ2n) is 6.95. The summed E-state index contributed by atoms with van der Waals surface area (Å²) >= 11 is 0. The lowest BCUT2D eigenvalue weighted by molar-refractivity contribution is -0.125. The second-order valence-corrected chi connectivity index (χ2v) is 6.95. The fourth-order valence-electron chi connectivity index (χ4n) is 4.15. The highest BCUT2D eigenvalue weighted by Crippen LogP contribution is 2.44. The first kappa shape index (κ1) is 19.1. The highest BCUT2D eigenvalue weighted by molar-refractivity contribution is 5.85. The van der Waals surface area contributed by atoms with Crippen molar-refractivity contribution in [1.29, 1.82) is 0 Å². The molecular formula is C19H29ClN2O2. The topological polar surface area (TPSA) is 50.4 Å². The Morgan fingerprint density at radius 2 is 2.04 bits per heavy atom. The summed E-state index contributed by atoms with van der Waals surface area (Å²) in [4.78, 5) is 12.5. The molecule has 1 amide bonds. The van der Waals surface area contributed by atoms with Crippen molar-refractivity contribution in [1.82, 2.24) is 10.6 Å². The van der Waals surface area contributed by atoms with Crippen LogP contribution in [0.2, 0.25) is 0 Å². The molecule has 0 aromatic heterocycles. The van der Waals surface area contributed by atoms with E-state index in [1.54, 1.807) is 7.11 Å². The number of para-hydroxylation sites is 1. The third-order valence-electron chi connectivity index (χ3n) is 5.51. The van der Waals surface area contributed by atoms with Crippen molar-refractivity contribution in [3.05, 3.63) is 29.8 Å². The SMILES string of the molecule is COc1ccccc1C1(CNC(=O)C2CCCNC2)CCCC1.Cl. The van der Waals surface area contributed by atoms with Gasteiger partial charge in [0.1, 0.15) is 5.75 Å². The van der Waals surface area contributed by atoms with Gasteiger partial charge in [0.25, 0.3) is 0 Å². The molecule has 1 heterocycles. The number of benzene rings is 1. The van der Waals surface area contributed by atoms with Gasteiger partial charge in [-0.15, -0.1) is 12.4 Å². The van der Waals surface area contributed by atoms with Gasteiger partial charge in [0.05, 0.1) is 13.0 Å². The predicted octanol–water partition coefficient (Wildman–Crippen LogP) is 3.04. The molecule has 1 saturated carbocycles. The summed E-state index contributed by atoms with van der Waals surface area (Å²) in [6.45, 7) is 2.57. The number of halogens is 1. The van der Waals surface area contributed by atoms with E-state index in [0.29, 0.717) is 0 Å². The van der Waals surface area contributed by atoms with E-state index in [-0.39, 0.29) is 29.6 Å². The largest absolute Gasteiger partial charge is 0.496 e. The van der Waals surface area contributed by atoms with Crippen LogP contribution >= 0.6 is 12.4 Å². The molecule has 24 heavy (non-hydrogen) atoms. The first-order valence-corrected chi connectivity index (χ1v) is 8.87. The fourth-order valence-corrected chi connectivity index (χ4v) is 4.15. The van der Waals surface area contributed by atoms with Crippen molar-refractivity contribution in [3.63, 3.8) is 0 Å². The van der Waals surface area contributed by atoms with Gasteiger partial charge in [-0.3, -0.25) is 4.79 Å². The lowest BCUT2D eigenvalue weighted by atomic mass is 9.78. The number of hydrogen-bond acceptors (Lipinski definition) is 3. The average molecular weight is 353 g/mol. The number of rotatable bonds is 5. The van der Waals surface area contributed by atoms with Gasteiger partial charge in [0.2, 0.25) is 5.91 Å². The predicted molar refractivity (Wildman–Crippen MR) is 99.0 cm³/mol. The van der Waals surface area contributed by atoms with Crippen LogP contribution in [0.25, 0.3) is 0 Å². The minimum Gasteiger partial charge on any atom is -0.496 e. The van der Waals surface area contributed by atoms with E-state index < -0.39 is 0 Å². The van der Waals surface area contributed by atoms with Crippen molar-refractivity contribution >= 4 is 18.3 Å². The van der Waals surface area contributed by atoms with E-state index in [1.165, 1.54) is 18.4 Å². The van der Waals surface area contributed by atoms with Gasteiger partial charge in [-0.25, -0.2) is 0 Å². The summed E-state index contributed by atoms with van der Waals surface area (Å²) in [5.41, 5.74) is 1.28. The standard InChI is InChI=1S/C19H28N2O2.ClH/c1-23-17-9-3-2-8-16(17)19(10-4-5-11-19)14-21-18(22)15-7-6-12-20-13-15;/h2-3,8-9,15,20H,4-7,10-14H2,1H3,(H,21,22);1H. The maximum absolute atomic E-state index is 12.5. The quantitative estimate of drug-likeness (QED) is 0.856. The monoisotopic (exact) mass is 352 g/mol. The molecule has 1 aromatic carbocycles. The lowest BCUT2D eigenvalue weighted by Gasteiger charge is -2.32. The number of hydrogen-bond donors (Lipinski definition) is 2. The number of carbonyl (C=O) groups is 1. The van der Waals surface area contributed by atoms with Crippen LogP contribution in [0.5, 0.6) is 5.75 Å². The van der Waals surface area contributed by atoms with Crippen molar-refractivity contribution in [2.24, 2.45) is 5.92 Å². The smallest absolute Gasteiger partial charge is 0.224 e. The third-order valence-corrected chi connectivity index (χ3v) is 5.51. The van der Waals surface area contributed by atoms with Crippen molar-refractivity contribution in [3.8, 4) is 5.75 Å². The molecular weight excluding hydrogens is 324 g/mol. The van der Waals surface area contributed by atoms with E-state index in [1.807, 2.05) is 12.1 Å². The molecule has 2 aliphatic rings. The summed E-state index contributed by atoms with van der Waals surface area (Å²) in [6.07, 6.45) is 6.78. The molecule has 2 fully saturated rings. The normalized spacial score (nSPS) is 22.5. The first-order valence-electron chi connectivity index (χ1n) is 8.87. The van der Waals surface area contributed by atoms with Crippen LogP contribution in [0.3, 0.4) is 0 Å². The minimum atomic E-state index is 0. The average Bonchev–Trinajstić information content (AvgIpc) is 3.10. The summed E-state index contributed by atoms with van der Waals surface area (Å²) in [5, 5.41) is 6.57. The Morgan fingerprint density at radius 3 is 2.71 bits per heavy atom. The zero-order valence-electron chi connectivity index (χ0n) is 14.5. The Hall–Kier alpha value is -1.26. The molecule has 1 aliphatic heterocycles. The van der Waals surface area contributed by atoms with E-state index >= 15 is 0 Å². The molecule has 0 radical (unpaired) electrons. The van der Waals surface area contributed by atoms with Gasteiger partial charge < -0.3 is 15.4 Å². The molecule has 134 valence electrons. The molecule has 2 N–H and O–H groups in total. The number of amides is 1. The van der Waals surface area contributed by atoms with Crippen LogP contribution in [0.15, 0.2) is 24.3 Å². The molecule has 0 bridgehead atoms. The first-order chi connectivity index (χ1) is 11.2. The summed E-state index contributed by atoms with van der Waals surface area (Å²) in [7, 11) is 1.73. The molecule has 1 atom stereocenters. The number of piperidine rings is 1. The molecule has 3 rings (SSSR count).